The summed E-state index contributed by atoms with van der Waals surface area (Å²) < 4.78 is 53.0. The summed E-state index contributed by atoms with van der Waals surface area (Å²) in [6.45, 7) is -1.55. The summed E-state index contributed by atoms with van der Waals surface area (Å²) in [6, 6.07) is -0.560. The normalized spacial score (nSPS) is 11.7. The van der Waals surface area contributed by atoms with E-state index in [1.807, 2.05) is 0 Å². The molecule has 1 aromatic rings. The van der Waals surface area contributed by atoms with Crippen LogP contribution in [0.3, 0.4) is 0 Å². The highest BCUT2D eigenvalue weighted by Crippen LogP contribution is 2.23. The predicted molar refractivity (Wildman–Crippen MR) is 50.8 cm³/mol. The van der Waals surface area contributed by atoms with Crippen LogP contribution in [0, 0.1) is 0 Å². The van der Waals surface area contributed by atoms with Gasteiger partial charge in [-0.2, -0.15) is 23.7 Å². The van der Waals surface area contributed by atoms with Gasteiger partial charge >= 0.3 is 18.4 Å². The molecule has 0 unspecified atom stereocenters. The maximum atomic E-state index is 12.5. The van der Waals surface area contributed by atoms with Crippen molar-refractivity contribution in [3.8, 4) is 6.01 Å². The van der Waals surface area contributed by atoms with Crippen molar-refractivity contribution in [2.75, 3.05) is 19.0 Å². The Morgan fingerprint density at radius 3 is 2.53 bits per heavy atom. The van der Waals surface area contributed by atoms with E-state index in [4.69, 9.17) is 11.6 Å². The minimum atomic E-state index is -4.28. The molecule has 0 amide bonds. The number of ether oxygens (including phenoxy) is 1. The first-order valence-electron chi connectivity index (χ1n) is 4.23. The minimum Gasteiger partial charge on any atom is -0.457 e. The van der Waals surface area contributed by atoms with Crippen LogP contribution in [0.2, 0.25) is 5.28 Å². The Balaban J connectivity index is 2.72. The van der Waals surface area contributed by atoms with E-state index in [9.17, 15) is 17.6 Å². The van der Waals surface area contributed by atoms with Gasteiger partial charge < -0.3 is 10.1 Å². The van der Waals surface area contributed by atoms with Crippen molar-refractivity contribution in [2.24, 2.45) is 0 Å². The van der Waals surface area contributed by atoms with Crippen molar-refractivity contribution in [3.63, 3.8) is 0 Å². The molecule has 1 N–H and O–H groups in total. The quantitative estimate of drug-likeness (QED) is 0.830. The Labute approximate surface area is 98.2 Å². The van der Waals surface area contributed by atoms with E-state index in [-0.39, 0.29) is 11.2 Å². The van der Waals surface area contributed by atoms with Crippen molar-refractivity contribution in [2.45, 2.75) is 12.3 Å². The summed E-state index contributed by atoms with van der Waals surface area (Å²) in [5, 5.41) is 2.16. The van der Waals surface area contributed by atoms with E-state index >= 15 is 0 Å². The fourth-order valence-corrected chi connectivity index (χ4v) is 0.884. The molecule has 1 aromatic heterocycles. The van der Waals surface area contributed by atoms with Gasteiger partial charge in [-0.15, -0.1) is 0 Å². The van der Waals surface area contributed by atoms with Crippen LogP contribution in [-0.4, -0.2) is 41.0 Å². The van der Waals surface area contributed by atoms with Gasteiger partial charge in [0.2, 0.25) is 11.2 Å². The first-order valence-corrected chi connectivity index (χ1v) is 4.61. The molecule has 0 saturated heterocycles. The highest BCUT2D eigenvalue weighted by molar-refractivity contribution is 6.28. The van der Waals surface area contributed by atoms with Gasteiger partial charge in [0.1, 0.15) is 0 Å². The van der Waals surface area contributed by atoms with E-state index in [0.717, 1.165) is 0 Å². The van der Waals surface area contributed by atoms with E-state index < -0.39 is 25.0 Å². The number of nitrogens with one attached hydrogen (secondary N) is 1. The summed E-state index contributed by atoms with van der Waals surface area (Å²) >= 11 is 5.42. The van der Waals surface area contributed by atoms with E-state index in [2.05, 4.69) is 25.0 Å². The molecule has 0 aliphatic carbocycles. The Kier molecular flexibility index (Phi) is 4.27. The largest absolute Gasteiger partial charge is 0.457 e. The highest BCUT2D eigenvalue weighted by atomic mass is 35.5. The molecule has 0 aliphatic heterocycles. The van der Waals surface area contributed by atoms with Crippen LogP contribution < -0.4 is 10.1 Å². The molecule has 0 fully saturated rings. The second-order valence-electron chi connectivity index (χ2n) is 2.81. The van der Waals surface area contributed by atoms with Gasteiger partial charge in [0, 0.05) is 7.05 Å². The number of aromatic nitrogens is 3. The molecule has 1 rings (SSSR count). The topological polar surface area (TPSA) is 59.9 Å². The third-order valence-corrected chi connectivity index (χ3v) is 1.69. The summed E-state index contributed by atoms with van der Waals surface area (Å²) in [5.41, 5.74) is 0. The highest BCUT2D eigenvalue weighted by Gasteiger charge is 2.42. The number of nitrogens with zero attached hydrogens (tertiary/aromatic N) is 3. The molecule has 0 aliphatic rings. The lowest BCUT2D eigenvalue weighted by Gasteiger charge is -2.14. The molecule has 0 aromatic carbocycles. The Morgan fingerprint density at radius 1 is 1.35 bits per heavy atom. The lowest BCUT2D eigenvalue weighted by Crippen LogP contribution is -2.34. The molecule has 0 radical (unpaired) electrons. The van der Waals surface area contributed by atoms with Gasteiger partial charge in [0.05, 0.1) is 0 Å². The number of halogens is 5. The Bertz CT molecular complexity index is 392. The van der Waals surface area contributed by atoms with Crippen molar-refractivity contribution < 1.29 is 22.3 Å². The number of rotatable bonds is 5. The maximum Gasteiger partial charge on any atom is 0.340 e. The Hall–Kier alpha value is -1.38. The second kappa shape index (κ2) is 5.30. The predicted octanol–water partition coefficient (Wildman–Crippen LogP) is 1.85. The molecule has 0 bridgehead atoms. The molecule has 1 heterocycles. The molecule has 17 heavy (non-hydrogen) atoms. The van der Waals surface area contributed by atoms with Crippen LogP contribution in [-0.2, 0) is 0 Å². The molecule has 96 valence electrons. The van der Waals surface area contributed by atoms with Gasteiger partial charge in [-0.05, 0) is 11.6 Å². The molecule has 5 nitrogen and oxygen atoms in total. The Morgan fingerprint density at radius 2 is 2.00 bits per heavy atom. The summed E-state index contributed by atoms with van der Waals surface area (Å²) in [7, 11) is 1.45. The van der Waals surface area contributed by atoms with Crippen LogP contribution in [0.15, 0.2) is 0 Å². The van der Waals surface area contributed by atoms with E-state index in [1.54, 1.807) is 0 Å². The van der Waals surface area contributed by atoms with E-state index in [0.29, 0.717) is 0 Å². The maximum absolute atomic E-state index is 12.5. The zero-order valence-corrected chi connectivity index (χ0v) is 9.18. The fraction of sp³-hybridized carbons (Fsp3) is 0.571. The third-order valence-electron chi connectivity index (χ3n) is 1.52. The average molecular weight is 275 g/mol. The van der Waals surface area contributed by atoms with Crippen LogP contribution >= 0.6 is 11.6 Å². The van der Waals surface area contributed by atoms with Crippen LogP contribution in [0.25, 0.3) is 0 Å². The smallest absolute Gasteiger partial charge is 0.340 e. The number of anilines is 1. The van der Waals surface area contributed by atoms with Gasteiger partial charge in [-0.1, -0.05) is 0 Å². The lowest BCUT2D eigenvalue weighted by molar-refractivity contribution is -0.149. The van der Waals surface area contributed by atoms with Gasteiger partial charge in [-0.3, -0.25) is 0 Å². The molecule has 0 atom stereocenters. The van der Waals surface area contributed by atoms with Crippen LogP contribution in [0.1, 0.15) is 0 Å². The van der Waals surface area contributed by atoms with Crippen LogP contribution in [0.5, 0.6) is 6.01 Å². The first-order chi connectivity index (χ1) is 7.85. The van der Waals surface area contributed by atoms with Gasteiger partial charge in [-0.25, -0.2) is 8.78 Å². The average Bonchev–Trinajstić information content (AvgIpc) is 2.25. The van der Waals surface area contributed by atoms with Crippen LogP contribution in [0.4, 0.5) is 23.5 Å². The zero-order chi connectivity index (χ0) is 13.1. The fourth-order valence-electron chi connectivity index (χ4n) is 0.732. The lowest BCUT2D eigenvalue weighted by atomic mass is 10.4. The van der Waals surface area contributed by atoms with Crippen molar-refractivity contribution >= 4 is 17.5 Å². The second-order valence-corrected chi connectivity index (χ2v) is 3.15. The summed E-state index contributed by atoms with van der Waals surface area (Å²) in [6.07, 6.45) is -3.83. The molecular formula is C7H7ClF4N4O. The number of hydrogen-bond donors (Lipinski definition) is 1. The number of hydrogen-bond acceptors (Lipinski definition) is 5. The van der Waals surface area contributed by atoms with Gasteiger partial charge in [0.25, 0.3) is 0 Å². The SMILES string of the molecule is CNc1nc(Cl)nc(OCC(F)(F)C(F)F)n1. The summed E-state index contributed by atoms with van der Waals surface area (Å²) in [4.78, 5) is 10.4. The minimum absolute atomic E-state index is 0.0274. The summed E-state index contributed by atoms with van der Waals surface area (Å²) in [5.74, 6) is -4.31. The monoisotopic (exact) mass is 274 g/mol. The van der Waals surface area contributed by atoms with Crippen molar-refractivity contribution in [3.05, 3.63) is 5.28 Å². The molecular weight excluding hydrogens is 268 g/mol. The molecule has 0 saturated carbocycles. The van der Waals surface area contributed by atoms with Crippen molar-refractivity contribution in [1.82, 2.24) is 15.0 Å². The number of alkyl halides is 4. The third kappa shape index (κ3) is 3.84. The van der Waals surface area contributed by atoms with Crippen molar-refractivity contribution in [1.29, 1.82) is 0 Å². The van der Waals surface area contributed by atoms with Gasteiger partial charge in [0.15, 0.2) is 6.61 Å². The molecule has 0 spiro atoms. The van der Waals surface area contributed by atoms with E-state index in [1.165, 1.54) is 7.05 Å². The standard InChI is InChI=1S/C7H7ClF4N4O/c1-13-5-14-4(8)15-6(16-5)17-2-7(11,12)3(9)10/h3H,2H2,1H3,(H,13,14,15,16). The molecule has 10 heteroatoms. The first kappa shape index (κ1) is 13.7. The zero-order valence-electron chi connectivity index (χ0n) is 8.42.